The molecule has 2 aromatic heterocycles. The van der Waals surface area contributed by atoms with Crippen molar-refractivity contribution in [3.8, 4) is 0 Å². The molecule has 0 atom stereocenters. The maximum Gasteiger partial charge on any atom is 0.293 e. The summed E-state index contributed by atoms with van der Waals surface area (Å²) < 4.78 is 5.10. The highest BCUT2D eigenvalue weighted by atomic mass is 32.1. The number of carbonyl (C=O) groups excluding carboxylic acids is 3. The lowest BCUT2D eigenvalue weighted by Crippen LogP contribution is -2.40. The fraction of sp³-hybridized carbons (Fsp3) is 0.238. The molecule has 2 aliphatic heterocycles. The number of amides is 3. The molecule has 0 radical (unpaired) electrons. The Morgan fingerprint density at radius 3 is 2.57 bits per heavy atom. The molecule has 0 saturated heterocycles. The molecule has 9 heteroatoms. The van der Waals surface area contributed by atoms with Gasteiger partial charge in [-0.05, 0) is 24.3 Å². The van der Waals surface area contributed by atoms with E-state index < -0.39 is 0 Å². The van der Waals surface area contributed by atoms with Crippen molar-refractivity contribution in [2.75, 3.05) is 25.0 Å². The first kappa shape index (κ1) is 18.7. The first-order valence-electron chi connectivity index (χ1n) is 9.61. The Morgan fingerprint density at radius 1 is 1.10 bits per heavy atom. The van der Waals surface area contributed by atoms with Gasteiger partial charge in [0, 0.05) is 37.5 Å². The number of aromatic nitrogens is 1. The Kier molecular flexibility index (Phi) is 4.68. The first-order valence-corrected chi connectivity index (χ1v) is 10.4. The fourth-order valence-corrected chi connectivity index (χ4v) is 4.79. The molecule has 1 aromatic carbocycles. The lowest BCUT2D eigenvalue weighted by Gasteiger charge is -2.27. The van der Waals surface area contributed by atoms with Gasteiger partial charge >= 0.3 is 0 Å². The number of nitrogens with zero attached hydrogens (tertiary/aromatic N) is 3. The van der Waals surface area contributed by atoms with Crippen LogP contribution >= 0.6 is 11.3 Å². The third kappa shape index (κ3) is 3.31. The summed E-state index contributed by atoms with van der Waals surface area (Å²) in [5.74, 6) is -0.539. The molecule has 1 N–H and O–H groups in total. The van der Waals surface area contributed by atoms with Gasteiger partial charge in [-0.15, -0.1) is 11.3 Å². The van der Waals surface area contributed by atoms with E-state index in [4.69, 9.17) is 4.42 Å². The summed E-state index contributed by atoms with van der Waals surface area (Å²) in [5, 5.41) is 3.32. The van der Waals surface area contributed by atoms with Crippen LogP contribution in [-0.2, 0) is 13.0 Å². The number of imide groups is 1. The van der Waals surface area contributed by atoms with Gasteiger partial charge in [-0.1, -0.05) is 12.1 Å². The molecule has 0 saturated carbocycles. The zero-order valence-electron chi connectivity index (χ0n) is 16.0. The Morgan fingerprint density at radius 2 is 1.87 bits per heavy atom. The summed E-state index contributed by atoms with van der Waals surface area (Å²) in [6.07, 6.45) is 2.21. The van der Waals surface area contributed by atoms with Gasteiger partial charge in [0.2, 0.25) is 0 Å². The molecule has 8 nitrogen and oxygen atoms in total. The summed E-state index contributed by atoms with van der Waals surface area (Å²) in [5.41, 5.74) is 1.93. The Bertz CT molecular complexity index is 1100. The molecule has 0 unspecified atom stereocenters. The molecular weight excluding hydrogens is 404 g/mol. The van der Waals surface area contributed by atoms with Gasteiger partial charge in [-0.25, -0.2) is 4.98 Å². The van der Waals surface area contributed by atoms with E-state index in [1.54, 1.807) is 36.4 Å². The Labute approximate surface area is 176 Å². The van der Waals surface area contributed by atoms with Crippen molar-refractivity contribution < 1.29 is 18.8 Å². The van der Waals surface area contributed by atoms with Gasteiger partial charge in [0.25, 0.3) is 17.7 Å². The van der Waals surface area contributed by atoms with E-state index in [0.717, 1.165) is 23.5 Å². The minimum atomic E-state index is -0.325. The summed E-state index contributed by atoms with van der Waals surface area (Å²) in [7, 11) is 0. The minimum absolute atomic E-state index is 0.228. The number of furan rings is 1. The maximum atomic E-state index is 12.5. The van der Waals surface area contributed by atoms with Gasteiger partial charge in [0.1, 0.15) is 0 Å². The van der Waals surface area contributed by atoms with E-state index in [2.05, 4.69) is 15.2 Å². The quantitative estimate of drug-likeness (QED) is 0.635. The number of rotatable bonds is 5. The average molecular weight is 422 g/mol. The molecule has 0 aliphatic carbocycles. The number of fused-ring (bicyclic) bond motifs is 2. The Hall–Kier alpha value is -3.30. The first-order chi connectivity index (χ1) is 14.6. The van der Waals surface area contributed by atoms with E-state index in [-0.39, 0.29) is 23.5 Å². The molecule has 5 rings (SSSR count). The van der Waals surface area contributed by atoms with Crippen LogP contribution in [0.4, 0.5) is 5.13 Å². The third-order valence-corrected chi connectivity index (χ3v) is 6.29. The third-order valence-electron chi connectivity index (χ3n) is 5.29. The van der Waals surface area contributed by atoms with E-state index in [9.17, 15) is 14.4 Å². The van der Waals surface area contributed by atoms with Gasteiger partial charge in [-0.3, -0.25) is 29.5 Å². The van der Waals surface area contributed by atoms with E-state index in [0.29, 0.717) is 35.9 Å². The van der Waals surface area contributed by atoms with Crippen molar-refractivity contribution in [2.24, 2.45) is 0 Å². The number of nitrogens with one attached hydrogen (secondary N) is 1. The molecular formula is C21H18N4O4S. The Balaban J connectivity index is 1.21. The predicted molar refractivity (Wildman–Crippen MR) is 110 cm³/mol. The largest absolute Gasteiger partial charge is 0.459 e. The fourth-order valence-electron chi connectivity index (χ4n) is 3.74. The molecule has 4 heterocycles. The summed E-state index contributed by atoms with van der Waals surface area (Å²) in [6.45, 7) is 2.40. The van der Waals surface area contributed by atoms with Crippen molar-refractivity contribution in [1.29, 1.82) is 0 Å². The monoisotopic (exact) mass is 422 g/mol. The lowest BCUT2D eigenvalue weighted by molar-refractivity contribution is 0.0633. The van der Waals surface area contributed by atoms with Crippen LogP contribution in [0.15, 0.2) is 47.1 Å². The normalized spacial score (nSPS) is 15.9. The molecule has 0 spiro atoms. The molecule has 0 bridgehead atoms. The number of hydrogen-bond donors (Lipinski definition) is 1. The SMILES string of the molecule is O=C(Nc1nc2c(s1)CN(CCN1C(=O)c3ccccc3C1=O)CC2)c1ccco1. The molecule has 3 aromatic rings. The second-order valence-corrected chi connectivity index (χ2v) is 8.24. The van der Waals surface area contributed by atoms with Crippen molar-refractivity contribution in [3.05, 3.63) is 70.1 Å². The number of benzene rings is 1. The van der Waals surface area contributed by atoms with Crippen molar-refractivity contribution in [1.82, 2.24) is 14.8 Å². The van der Waals surface area contributed by atoms with Crippen LogP contribution in [0.2, 0.25) is 0 Å². The smallest absolute Gasteiger partial charge is 0.293 e. The highest BCUT2D eigenvalue weighted by molar-refractivity contribution is 7.15. The predicted octanol–water partition coefficient (Wildman–Crippen LogP) is 2.64. The molecule has 152 valence electrons. The van der Waals surface area contributed by atoms with Crippen molar-refractivity contribution in [3.63, 3.8) is 0 Å². The number of thiazole rings is 1. The highest BCUT2D eigenvalue weighted by Gasteiger charge is 2.35. The van der Waals surface area contributed by atoms with E-state index in [1.807, 2.05) is 0 Å². The van der Waals surface area contributed by atoms with Crippen LogP contribution in [0, 0.1) is 0 Å². The standard InChI is InChI=1S/C21H18N4O4S/c26-18(16-6-3-11-29-16)23-21-22-15-7-8-24(12-17(15)30-21)9-10-25-19(27)13-4-1-2-5-14(13)20(25)28/h1-6,11H,7-10,12H2,(H,22,23,26). The molecule has 2 aliphatic rings. The van der Waals surface area contributed by atoms with Crippen molar-refractivity contribution in [2.45, 2.75) is 13.0 Å². The molecule has 0 fully saturated rings. The lowest BCUT2D eigenvalue weighted by atomic mass is 10.1. The summed E-state index contributed by atoms with van der Waals surface area (Å²) in [4.78, 5) is 46.3. The van der Waals surface area contributed by atoms with Crippen LogP contribution in [-0.4, -0.2) is 52.1 Å². The zero-order chi connectivity index (χ0) is 20.7. The highest BCUT2D eigenvalue weighted by Crippen LogP contribution is 2.29. The second kappa shape index (κ2) is 7.51. The summed E-state index contributed by atoms with van der Waals surface area (Å²) in [6, 6.07) is 10.2. The average Bonchev–Trinajstić information content (AvgIpc) is 3.47. The topological polar surface area (TPSA) is 95.8 Å². The van der Waals surface area contributed by atoms with E-state index >= 15 is 0 Å². The maximum absolute atomic E-state index is 12.5. The van der Waals surface area contributed by atoms with Crippen LogP contribution in [0.3, 0.4) is 0 Å². The van der Waals surface area contributed by atoms with Gasteiger partial charge in [-0.2, -0.15) is 0 Å². The van der Waals surface area contributed by atoms with Crippen LogP contribution in [0.1, 0.15) is 41.8 Å². The number of anilines is 1. The second-order valence-electron chi connectivity index (χ2n) is 7.15. The molecule has 30 heavy (non-hydrogen) atoms. The van der Waals surface area contributed by atoms with E-state index in [1.165, 1.54) is 22.5 Å². The van der Waals surface area contributed by atoms with Crippen LogP contribution < -0.4 is 5.32 Å². The zero-order valence-corrected chi connectivity index (χ0v) is 16.8. The van der Waals surface area contributed by atoms with Gasteiger partial charge in [0.05, 0.1) is 23.1 Å². The van der Waals surface area contributed by atoms with Crippen LogP contribution in [0.5, 0.6) is 0 Å². The van der Waals surface area contributed by atoms with Gasteiger partial charge in [0.15, 0.2) is 10.9 Å². The summed E-state index contributed by atoms with van der Waals surface area (Å²) >= 11 is 1.44. The number of carbonyl (C=O) groups is 3. The molecule has 3 amide bonds. The number of hydrogen-bond acceptors (Lipinski definition) is 7. The van der Waals surface area contributed by atoms with Crippen molar-refractivity contribution >= 4 is 34.2 Å². The van der Waals surface area contributed by atoms with Crippen LogP contribution in [0.25, 0.3) is 0 Å². The van der Waals surface area contributed by atoms with Gasteiger partial charge < -0.3 is 4.42 Å². The minimum Gasteiger partial charge on any atom is -0.459 e.